The smallest absolute Gasteiger partial charge is 0.345 e. The summed E-state index contributed by atoms with van der Waals surface area (Å²) in [5.74, 6) is -2.34. The Bertz CT molecular complexity index is 1010. The first-order valence-corrected chi connectivity index (χ1v) is 8.18. The number of nitrogens with zero attached hydrogens (tertiary/aromatic N) is 2. The Balaban J connectivity index is 2.24. The van der Waals surface area contributed by atoms with Gasteiger partial charge in [0.15, 0.2) is 5.69 Å². The third-order valence-electron chi connectivity index (χ3n) is 3.64. The van der Waals surface area contributed by atoms with E-state index in [0.29, 0.717) is 0 Å². The van der Waals surface area contributed by atoms with Gasteiger partial charge in [-0.25, -0.2) is 4.68 Å². The molecule has 0 unspecified atom stereocenters. The Morgan fingerprint density at radius 3 is 2.33 bits per heavy atom. The number of rotatable bonds is 5. The summed E-state index contributed by atoms with van der Waals surface area (Å²) in [6, 6.07) is 4.92. The largest absolute Gasteiger partial charge is 0.416 e. The monoisotopic (exact) mass is 436 g/mol. The summed E-state index contributed by atoms with van der Waals surface area (Å²) in [5, 5.41) is 7.20. The molecule has 0 saturated heterocycles. The molecular weight excluding hydrogens is 422 g/mol. The van der Waals surface area contributed by atoms with Crippen molar-refractivity contribution in [2.45, 2.75) is 19.3 Å². The van der Waals surface area contributed by atoms with E-state index in [9.17, 15) is 40.7 Å². The van der Waals surface area contributed by atoms with Crippen LogP contribution >= 0.6 is 0 Å². The van der Waals surface area contributed by atoms with Crippen molar-refractivity contribution in [3.63, 3.8) is 0 Å². The van der Waals surface area contributed by atoms with E-state index in [4.69, 9.17) is 0 Å². The average Bonchev–Trinajstić information content (AvgIpc) is 2.63. The van der Waals surface area contributed by atoms with Crippen LogP contribution in [0.1, 0.15) is 21.7 Å². The van der Waals surface area contributed by atoms with E-state index in [2.05, 4.69) is 5.10 Å². The average molecular weight is 436 g/mol. The van der Waals surface area contributed by atoms with Crippen LogP contribution in [0, 0.1) is 6.92 Å². The van der Waals surface area contributed by atoms with Gasteiger partial charge in [-0.15, -0.1) is 0 Å². The summed E-state index contributed by atoms with van der Waals surface area (Å²) in [6.45, 7) is -1.10. The van der Waals surface area contributed by atoms with Gasteiger partial charge in [0.2, 0.25) is 11.3 Å². The van der Waals surface area contributed by atoms with Gasteiger partial charge in [-0.1, -0.05) is 6.07 Å². The van der Waals surface area contributed by atoms with Gasteiger partial charge in [-0.3, -0.25) is 14.4 Å². The number of benzene rings is 1. The lowest BCUT2D eigenvalue weighted by molar-refractivity contribution is -0.137. The molecule has 1 aromatic carbocycles. The summed E-state index contributed by atoms with van der Waals surface area (Å²) in [5.41, 5.74) is -2.57. The highest BCUT2D eigenvalue weighted by Crippen LogP contribution is 2.30. The molecule has 0 aliphatic rings. The number of carbonyl (C=O) groups is 2. The van der Waals surface area contributed by atoms with Crippen LogP contribution in [0.2, 0.25) is 0 Å². The van der Waals surface area contributed by atoms with Crippen LogP contribution in [0.25, 0.3) is 5.69 Å². The summed E-state index contributed by atoms with van der Waals surface area (Å²) in [7, 11) is 0. The van der Waals surface area contributed by atoms with Gasteiger partial charge in [0.1, 0.15) is 6.54 Å². The number of aryl methyl sites for hydroxylation is 1. The zero-order valence-corrected chi connectivity index (χ0v) is 15.2. The number of hydrogen-bond acceptors (Lipinski definition) is 4. The van der Waals surface area contributed by atoms with Crippen LogP contribution in [-0.4, -0.2) is 40.9 Å². The predicted molar refractivity (Wildman–Crippen MR) is 91.0 cm³/mol. The zero-order chi connectivity index (χ0) is 22.7. The fourth-order valence-electron chi connectivity index (χ4n) is 2.29. The number of aromatic nitrogens is 2. The molecule has 7 nitrogen and oxygen atoms in total. The summed E-state index contributed by atoms with van der Waals surface area (Å²) < 4.78 is 75.8. The number of hydrogen-bond donors (Lipinski definition) is 2. The van der Waals surface area contributed by atoms with Gasteiger partial charge < -0.3 is 10.6 Å². The molecular formula is C17H14F6N4O3. The maximum absolute atomic E-state index is 12.9. The quantitative estimate of drug-likeness (QED) is 0.701. The number of carbonyl (C=O) groups excluding carboxylic acids is 2. The molecule has 2 aromatic rings. The van der Waals surface area contributed by atoms with Crippen LogP contribution in [0.3, 0.4) is 0 Å². The van der Waals surface area contributed by atoms with Crippen LogP contribution in [0.15, 0.2) is 35.1 Å². The SMILES string of the molecule is Cc1cc(=O)c(C(=O)NCC(=O)NCC(F)(F)F)nn1-c1cccc(C(F)(F)F)c1. The molecule has 1 aromatic heterocycles. The number of halogens is 6. The Morgan fingerprint density at radius 1 is 1.07 bits per heavy atom. The topological polar surface area (TPSA) is 93.1 Å². The van der Waals surface area contributed by atoms with Crippen molar-refractivity contribution in [1.82, 2.24) is 20.4 Å². The van der Waals surface area contributed by atoms with Crippen molar-refractivity contribution in [3.8, 4) is 5.69 Å². The highest BCUT2D eigenvalue weighted by molar-refractivity contribution is 5.94. The number of amides is 2. The molecule has 2 N–H and O–H groups in total. The maximum Gasteiger partial charge on any atom is 0.416 e. The van der Waals surface area contributed by atoms with Gasteiger partial charge in [0.05, 0.1) is 17.8 Å². The summed E-state index contributed by atoms with van der Waals surface area (Å²) in [6.07, 6.45) is -9.27. The first kappa shape index (κ1) is 22.9. The normalized spacial score (nSPS) is 11.8. The minimum absolute atomic E-state index is 0.0840. The van der Waals surface area contributed by atoms with Crippen LogP contribution in [0.4, 0.5) is 26.3 Å². The van der Waals surface area contributed by atoms with Gasteiger partial charge in [0, 0.05) is 11.8 Å². The molecule has 0 bridgehead atoms. The molecule has 2 amide bonds. The van der Waals surface area contributed by atoms with Crippen molar-refractivity contribution in [2.75, 3.05) is 13.1 Å². The van der Waals surface area contributed by atoms with E-state index in [1.165, 1.54) is 18.3 Å². The van der Waals surface area contributed by atoms with Crippen molar-refractivity contribution in [2.24, 2.45) is 0 Å². The first-order chi connectivity index (χ1) is 13.8. The highest BCUT2D eigenvalue weighted by atomic mass is 19.4. The van der Waals surface area contributed by atoms with E-state index in [1.807, 2.05) is 5.32 Å². The van der Waals surface area contributed by atoms with Gasteiger partial charge in [-0.2, -0.15) is 31.4 Å². The molecule has 13 heteroatoms. The lowest BCUT2D eigenvalue weighted by Crippen LogP contribution is -2.42. The second-order valence-corrected chi connectivity index (χ2v) is 6.03. The van der Waals surface area contributed by atoms with Crippen molar-refractivity contribution in [3.05, 3.63) is 57.5 Å². The number of nitrogens with one attached hydrogen (secondary N) is 2. The van der Waals surface area contributed by atoms with Crippen LogP contribution in [-0.2, 0) is 11.0 Å². The van der Waals surface area contributed by atoms with Gasteiger partial charge >= 0.3 is 12.4 Å². The lowest BCUT2D eigenvalue weighted by Gasteiger charge is -2.13. The Morgan fingerprint density at radius 2 is 1.73 bits per heavy atom. The minimum atomic E-state index is -4.64. The molecule has 0 saturated carbocycles. The van der Waals surface area contributed by atoms with Gasteiger partial charge in [-0.05, 0) is 25.1 Å². The second-order valence-electron chi connectivity index (χ2n) is 6.03. The molecule has 30 heavy (non-hydrogen) atoms. The molecule has 0 aliphatic carbocycles. The van der Waals surface area contributed by atoms with Crippen molar-refractivity contribution < 1.29 is 35.9 Å². The molecule has 0 fully saturated rings. The van der Waals surface area contributed by atoms with Gasteiger partial charge in [0.25, 0.3) is 5.91 Å². The molecule has 2 rings (SSSR count). The van der Waals surface area contributed by atoms with E-state index in [0.717, 1.165) is 28.9 Å². The van der Waals surface area contributed by atoms with Crippen LogP contribution in [0.5, 0.6) is 0 Å². The number of alkyl halides is 6. The van der Waals surface area contributed by atoms with E-state index >= 15 is 0 Å². The van der Waals surface area contributed by atoms with E-state index < -0.39 is 53.9 Å². The summed E-state index contributed by atoms with van der Waals surface area (Å²) in [4.78, 5) is 35.5. The Labute approximate surface area is 164 Å². The summed E-state index contributed by atoms with van der Waals surface area (Å²) >= 11 is 0. The third-order valence-corrected chi connectivity index (χ3v) is 3.64. The Hall–Kier alpha value is -3.38. The predicted octanol–water partition coefficient (Wildman–Crippen LogP) is 1.97. The lowest BCUT2D eigenvalue weighted by atomic mass is 10.2. The zero-order valence-electron chi connectivity index (χ0n) is 15.2. The standard InChI is InChI=1S/C17H14F6N4O3/c1-9-5-12(28)14(15(30)24-7-13(29)25-8-16(18,19)20)26-27(9)11-4-2-3-10(6-11)17(21,22)23/h2-6H,7-8H2,1H3,(H,24,30)(H,25,29). The van der Waals surface area contributed by atoms with Crippen LogP contribution < -0.4 is 16.1 Å². The maximum atomic E-state index is 12.9. The fraction of sp³-hybridized carbons (Fsp3) is 0.294. The molecule has 162 valence electrons. The highest BCUT2D eigenvalue weighted by Gasteiger charge is 2.31. The fourth-order valence-corrected chi connectivity index (χ4v) is 2.29. The molecule has 0 spiro atoms. The Kier molecular flexibility index (Phi) is 6.53. The first-order valence-electron chi connectivity index (χ1n) is 8.18. The molecule has 0 aliphatic heterocycles. The van der Waals surface area contributed by atoms with Crippen molar-refractivity contribution in [1.29, 1.82) is 0 Å². The molecule has 1 heterocycles. The third kappa shape index (κ3) is 6.06. The van der Waals surface area contributed by atoms with E-state index in [1.54, 1.807) is 0 Å². The minimum Gasteiger partial charge on any atom is -0.345 e. The second kappa shape index (κ2) is 8.55. The molecule has 0 atom stereocenters. The van der Waals surface area contributed by atoms with E-state index in [-0.39, 0.29) is 11.4 Å². The van der Waals surface area contributed by atoms with Crippen molar-refractivity contribution >= 4 is 11.8 Å². The molecule has 0 radical (unpaired) electrons.